The molecule has 2 rings (SSSR count). The molecule has 0 saturated carbocycles. The predicted molar refractivity (Wildman–Crippen MR) is 73.0 cm³/mol. The minimum absolute atomic E-state index is 0.107. The smallest absolute Gasteiger partial charge is 0.417 e. The van der Waals surface area contributed by atoms with E-state index in [1.807, 2.05) is 0 Å². The molecule has 6 nitrogen and oxygen atoms in total. The summed E-state index contributed by atoms with van der Waals surface area (Å²) in [5.41, 5.74) is -1.05. The lowest BCUT2D eigenvalue weighted by molar-refractivity contribution is -0.144. The van der Waals surface area contributed by atoms with Crippen molar-refractivity contribution in [3.8, 4) is 0 Å². The van der Waals surface area contributed by atoms with E-state index >= 15 is 0 Å². The Hall–Kier alpha value is -1.68. The van der Waals surface area contributed by atoms with Crippen molar-refractivity contribution in [3.05, 3.63) is 23.9 Å². The molecule has 0 bridgehead atoms. The van der Waals surface area contributed by atoms with Crippen LogP contribution in [-0.2, 0) is 21.0 Å². The summed E-state index contributed by atoms with van der Waals surface area (Å²) in [5.74, 6) is -1.95. The summed E-state index contributed by atoms with van der Waals surface area (Å²) >= 11 is 0. The van der Waals surface area contributed by atoms with E-state index in [1.54, 1.807) is 0 Å². The Bertz CT molecular complexity index is 688. The van der Waals surface area contributed by atoms with E-state index < -0.39 is 44.7 Å². The van der Waals surface area contributed by atoms with Gasteiger partial charge in [-0.25, -0.2) is 13.4 Å². The summed E-state index contributed by atoms with van der Waals surface area (Å²) in [7, 11) is -4.15. The van der Waals surface area contributed by atoms with Crippen molar-refractivity contribution in [1.82, 2.24) is 9.29 Å². The maximum atomic E-state index is 12.5. The number of sulfonamides is 1. The highest BCUT2D eigenvalue weighted by Gasteiger charge is 2.40. The van der Waals surface area contributed by atoms with Crippen LogP contribution in [0.25, 0.3) is 0 Å². The van der Waals surface area contributed by atoms with Crippen LogP contribution in [0.5, 0.6) is 0 Å². The second kappa shape index (κ2) is 6.08. The van der Waals surface area contributed by atoms with Gasteiger partial charge >= 0.3 is 12.1 Å². The van der Waals surface area contributed by atoms with Crippen LogP contribution in [0.1, 0.15) is 25.3 Å². The first-order valence-electron chi connectivity index (χ1n) is 6.83. The van der Waals surface area contributed by atoms with Crippen molar-refractivity contribution in [2.45, 2.75) is 37.0 Å². The standard InChI is InChI=1S/C13H15F3N2O4S/c1-8-10(12(19)20)3-2-6-18(8)23(21,22)11-5-4-9(7-17-11)13(14,15)16/h4-5,7-8,10H,2-3,6H2,1H3,(H,19,20)/t8-,10-/m1/s1. The van der Waals surface area contributed by atoms with Crippen LogP contribution in [0.2, 0.25) is 0 Å². The van der Waals surface area contributed by atoms with Crippen molar-refractivity contribution in [1.29, 1.82) is 0 Å². The fraction of sp³-hybridized carbons (Fsp3) is 0.538. The maximum absolute atomic E-state index is 12.5. The molecule has 2 atom stereocenters. The predicted octanol–water partition coefficient (Wildman–Crippen LogP) is 1.97. The van der Waals surface area contributed by atoms with E-state index in [-0.39, 0.29) is 6.54 Å². The zero-order chi connectivity index (χ0) is 17.4. The van der Waals surface area contributed by atoms with Crippen LogP contribution in [-0.4, -0.2) is 41.4 Å². The molecule has 0 spiro atoms. The van der Waals surface area contributed by atoms with Crippen LogP contribution in [0.4, 0.5) is 13.2 Å². The van der Waals surface area contributed by atoms with Gasteiger partial charge in [0.2, 0.25) is 0 Å². The van der Waals surface area contributed by atoms with Gasteiger partial charge in [-0.1, -0.05) is 0 Å². The van der Waals surface area contributed by atoms with Crippen LogP contribution in [0.3, 0.4) is 0 Å². The van der Waals surface area contributed by atoms with Gasteiger partial charge in [-0.15, -0.1) is 0 Å². The van der Waals surface area contributed by atoms with Crippen LogP contribution < -0.4 is 0 Å². The molecule has 0 unspecified atom stereocenters. The highest BCUT2D eigenvalue weighted by molar-refractivity contribution is 7.89. The van der Waals surface area contributed by atoms with Gasteiger partial charge < -0.3 is 5.11 Å². The van der Waals surface area contributed by atoms with Crippen LogP contribution in [0.15, 0.2) is 23.4 Å². The van der Waals surface area contributed by atoms with Crippen molar-refractivity contribution in [3.63, 3.8) is 0 Å². The Labute approximate surface area is 131 Å². The third-order valence-corrected chi connectivity index (χ3v) is 5.79. The van der Waals surface area contributed by atoms with E-state index in [1.165, 1.54) is 6.92 Å². The third-order valence-electron chi connectivity index (χ3n) is 3.88. The van der Waals surface area contributed by atoms with E-state index in [0.29, 0.717) is 25.1 Å². The number of aliphatic carboxylic acids is 1. The minimum atomic E-state index is -4.61. The van der Waals surface area contributed by atoms with E-state index in [4.69, 9.17) is 5.11 Å². The first-order chi connectivity index (χ1) is 10.5. The van der Waals surface area contributed by atoms with E-state index in [2.05, 4.69) is 4.98 Å². The Morgan fingerprint density at radius 3 is 2.52 bits per heavy atom. The number of piperidine rings is 1. The number of pyridine rings is 1. The number of halogens is 3. The Kier molecular flexibility index (Phi) is 4.67. The number of carboxylic acid groups (broad SMARTS) is 1. The van der Waals surface area contributed by atoms with Gasteiger partial charge in [-0.2, -0.15) is 17.5 Å². The number of carboxylic acids is 1. The number of alkyl halides is 3. The van der Waals surface area contributed by atoms with Crippen molar-refractivity contribution in [2.75, 3.05) is 6.54 Å². The summed E-state index contributed by atoms with van der Waals surface area (Å²) in [6, 6.07) is 0.633. The number of hydrogen-bond acceptors (Lipinski definition) is 4. The maximum Gasteiger partial charge on any atom is 0.417 e. The van der Waals surface area contributed by atoms with Crippen LogP contribution in [0, 0.1) is 5.92 Å². The molecule has 0 aliphatic carbocycles. The molecular weight excluding hydrogens is 337 g/mol. The van der Waals surface area contributed by atoms with Gasteiger partial charge in [0.05, 0.1) is 11.5 Å². The van der Waals surface area contributed by atoms with Crippen molar-refractivity contribution >= 4 is 16.0 Å². The highest BCUT2D eigenvalue weighted by Crippen LogP contribution is 2.31. The molecule has 2 heterocycles. The molecule has 1 N–H and O–H groups in total. The van der Waals surface area contributed by atoms with Gasteiger partial charge in [0.15, 0.2) is 5.03 Å². The quantitative estimate of drug-likeness (QED) is 0.899. The van der Waals surface area contributed by atoms with Gasteiger partial charge in [-0.05, 0) is 31.9 Å². The molecule has 1 fully saturated rings. The first-order valence-corrected chi connectivity index (χ1v) is 8.27. The molecule has 1 aromatic heterocycles. The summed E-state index contributed by atoms with van der Waals surface area (Å²) in [4.78, 5) is 14.6. The normalized spacial score (nSPS) is 23.7. The van der Waals surface area contributed by atoms with E-state index in [0.717, 1.165) is 10.4 Å². The molecule has 23 heavy (non-hydrogen) atoms. The molecule has 0 radical (unpaired) electrons. The summed E-state index contributed by atoms with van der Waals surface area (Å²) in [6.07, 6.45) is -3.44. The fourth-order valence-corrected chi connectivity index (χ4v) is 4.22. The van der Waals surface area contributed by atoms with Gasteiger partial charge in [0.25, 0.3) is 10.0 Å². The Balaban J connectivity index is 2.32. The zero-order valence-corrected chi connectivity index (χ0v) is 12.9. The third kappa shape index (κ3) is 3.47. The monoisotopic (exact) mass is 352 g/mol. The van der Waals surface area contributed by atoms with Crippen LogP contribution >= 0.6 is 0 Å². The number of nitrogens with zero attached hydrogens (tertiary/aromatic N) is 2. The molecule has 1 aliphatic rings. The number of carbonyl (C=O) groups is 1. The molecule has 0 aromatic carbocycles. The lowest BCUT2D eigenvalue weighted by Crippen LogP contribution is -2.49. The molecule has 10 heteroatoms. The lowest BCUT2D eigenvalue weighted by atomic mass is 9.92. The largest absolute Gasteiger partial charge is 0.481 e. The topological polar surface area (TPSA) is 87.6 Å². The average molecular weight is 352 g/mol. The van der Waals surface area contributed by atoms with Crippen molar-refractivity contribution < 1.29 is 31.5 Å². The average Bonchev–Trinajstić information content (AvgIpc) is 2.46. The van der Waals surface area contributed by atoms with Gasteiger partial charge in [-0.3, -0.25) is 4.79 Å². The van der Waals surface area contributed by atoms with Gasteiger partial charge in [0, 0.05) is 18.8 Å². The molecule has 1 saturated heterocycles. The molecule has 128 valence electrons. The van der Waals surface area contributed by atoms with E-state index in [9.17, 15) is 26.4 Å². The first kappa shape index (κ1) is 17.7. The number of rotatable bonds is 3. The zero-order valence-electron chi connectivity index (χ0n) is 12.1. The molecular formula is C13H15F3N2O4S. The minimum Gasteiger partial charge on any atom is -0.481 e. The Morgan fingerprint density at radius 2 is 2.04 bits per heavy atom. The van der Waals surface area contributed by atoms with Crippen molar-refractivity contribution in [2.24, 2.45) is 5.92 Å². The summed E-state index contributed by atoms with van der Waals surface area (Å²) < 4.78 is 63.5. The SMILES string of the molecule is C[C@@H]1[C@H](C(=O)O)CCCN1S(=O)(=O)c1ccc(C(F)(F)F)cn1. The second-order valence-corrected chi connectivity index (χ2v) is 7.16. The highest BCUT2D eigenvalue weighted by atomic mass is 32.2. The van der Waals surface area contributed by atoms with Gasteiger partial charge in [0.1, 0.15) is 0 Å². The fourth-order valence-electron chi connectivity index (χ4n) is 2.60. The number of aromatic nitrogens is 1. The Morgan fingerprint density at radius 1 is 1.39 bits per heavy atom. The summed E-state index contributed by atoms with van der Waals surface area (Å²) in [6.45, 7) is 1.58. The summed E-state index contributed by atoms with van der Waals surface area (Å²) in [5, 5.41) is 8.60. The molecule has 1 aromatic rings. The molecule has 0 amide bonds. The number of hydrogen-bond donors (Lipinski definition) is 1. The molecule has 1 aliphatic heterocycles. The second-order valence-electron chi connectivity index (χ2n) is 5.33. The lowest BCUT2D eigenvalue weighted by Gasteiger charge is -2.36.